The van der Waals surface area contributed by atoms with Crippen molar-refractivity contribution in [2.75, 3.05) is 11.1 Å². The molecule has 2 rings (SSSR count). The maximum Gasteiger partial charge on any atom is 0.150 e. The van der Waals surface area contributed by atoms with Crippen LogP contribution in [-0.4, -0.2) is 4.98 Å². The molecular formula is C13H10BrFN4. The Hall–Kier alpha value is -2.13. The van der Waals surface area contributed by atoms with Gasteiger partial charge < -0.3 is 11.1 Å². The summed E-state index contributed by atoms with van der Waals surface area (Å²) in [5.74, 6) is 0.0594. The van der Waals surface area contributed by atoms with Crippen molar-refractivity contribution < 1.29 is 4.39 Å². The van der Waals surface area contributed by atoms with E-state index in [1.165, 1.54) is 18.3 Å². The molecule has 0 aliphatic carbocycles. The van der Waals surface area contributed by atoms with E-state index in [-0.39, 0.29) is 18.0 Å². The Morgan fingerprint density at radius 1 is 1.42 bits per heavy atom. The Kier molecular flexibility index (Phi) is 3.97. The first-order valence-corrected chi connectivity index (χ1v) is 6.23. The Balaban J connectivity index is 2.20. The van der Waals surface area contributed by atoms with Crippen LogP contribution in [0.15, 0.2) is 34.9 Å². The van der Waals surface area contributed by atoms with Gasteiger partial charge in [0.15, 0.2) is 5.82 Å². The summed E-state index contributed by atoms with van der Waals surface area (Å²) in [5.41, 5.74) is 6.86. The number of hydrogen-bond acceptors (Lipinski definition) is 4. The number of hydrogen-bond donors (Lipinski definition) is 2. The number of nitrogens with two attached hydrogens (primary N) is 1. The maximum absolute atomic E-state index is 13.6. The lowest BCUT2D eigenvalue weighted by atomic mass is 10.2. The summed E-state index contributed by atoms with van der Waals surface area (Å²) in [5, 5.41) is 11.8. The number of nitriles is 1. The van der Waals surface area contributed by atoms with Crippen LogP contribution in [0.25, 0.3) is 0 Å². The van der Waals surface area contributed by atoms with Gasteiger partial charge in [0.1, 0.15) is 11.9 Å². The van der Waals surface area contributed by atoms with Crippen LogP contribution < -0.4 is 11.1 Å². The van der Waals surface area contributed by atoms with E-state index < -0.39 is 0 Å². The third kappa shape index (κ3) is 3.01. The van der Waals surface area contributed by atoms with Gasteiger partial charge >= 0.3 is 0 Å². The van der Waals surface area contributed by atoms with Crippen molar-refractivity contribution in [3.8, 4) is 6.07 Å². The Morgan fingerprint density at radius 2 is 2.21 bits per heavy atom. The largest absolute Gasteiger partial charge is 0.395 e. The van der Waals surface area contributed by atoms with Gasteiger partial charge in [-0.1, -0.05) is 15.9 Å². The van der Waals surface area contributed by atoms with Gasteiger partial charge in [0, 0.05) is 22.8 Å². The Morgan fingerprint density at radius 3 is 2.95 bits per heavy atom. The van der Waals surface area contributed by atoms with Crippen molar-refractivity contribution in [2.24, 2.45) is 0 Å². The van der Waals surface area contributed by atoms with Crippen molar-refractivity contribution >= 4 is 27.4 Å². The SMILES string of the molecule is N#Cc1ccnc(NCc2cc(Br)ccc2F)c1N. The zero-order chi connectivity index (χ0) is 13.8. The van der Waals surface area contributed by atoms with Gasteiger partial charge in [-0.05, 0) is 24.3 Å². The monoisotopic (exact) mass is 320 g/mol. The highest BCUT2D eigenvalue weighted by Crippen LogP contribution is 2.21. The topological polar surface area (TPSA) is 74.7 Å². The van der Waals surface area contributed by atoms with Crippen LogP contribution in [0.2, 0.25) is 0 Å². The summed E-state index contributed by atoms with van der Waals surface area (Å²) in [4.78, 5) is 4.03. The van der Waals surface area contributed by atoms with Gasteiger partial charge in [-0.2, -0.15) is 5.26 Å². The molecule has 0 saturated heterocycles. The summed E-state index contributed by atoms with van der Waals surface area (Å²) in [6, 6.07) is 8.17. The molecule has 0 radical (unpaired) electrons. The Bertz CT molecular complexity index is 652. The minimum atomic E-state index is -0.314. The van der Waals surface area contributed by atoms with E-state index in [0.717, 1.165) is 4.47 Å². The molecule has 0 unspecified atom stereocenters. The number of rotatable bonds is 3. The van der Waals surface area contributed by atoms with Gasteiger partial charge in [-0.3, -0.25) is 0 Å². The molecule has 1 heterocycles. The van der Waals surface area contributed by atoms with Gasteiger partial charge in [-0.15, -0.1) is 0 Å². The average molecular weight is 321 g/mol. The second-order valence-corrected chi connectivity index (χ2v) is 4.74. The smallest absolute Gasteiger partial charge is 0.150 e. The van der Waals surface area contributed by atoms with E-state index >= 15 is 0 Å². The minimum absolute atomic E-state index is 0.233. The molecule has 2 aromatic rings. The maximum atomic E-state index is 13.6. The van der Waals surface area contributed by atoms with Gasteiger partial charge in [0.25, 0.3) is 0 Å². The van der Waals surface area contributed by atoms with E-state index in [2.05, 4.69) is 26.2 Å². The highest BCUT2D eigenvalue weighted by Gasteiger charge is 2.07. The van der Waals surface area contributed by atoms with E-state index in [1.807, 2.05) is 6.07 Å². The fourth-order valence-corrected chi connectivity index (χ4v) is 1.98. The van der Waals surface area contributed by atoms with Crippen LogP contribution in [-0.2, 0) is 6.54 Å². The van der Waals surface area contributed by atoms with Crippen LogP contribution in [0.5, 0.6) is 0 Å². The number of pyridine rings is 1. The quantitative estimate of drug-likeness (QED) is 0.911. The molecule has 6 heteroatoms. The second-order valence-electron chi connectivity index (χ2n) is 3.82. The number of anilines is 2. The van der Waals surface area contributed by atoms with Crippen LogP contribution in [0.1, 0.15) is 11.1 Å². The zero-order valence-corrected chi connectivity index (χ0v) is 11.4. The van der Waals surface area contributed by atoms with Gasteiger partial charge in [0.2, 0.25) is 0 Å². The fourth-order valence-electron chi connectivity index (χ4n) is 1.57. The number of nitrogens with zero attached hydrogens (tertiary/aromatic N) is 2. The summed E-state index contributed by atoms with van der Waals surface area (Å²) >= 11 is 3.28. The molecule has 0 amide bonds. The number of aromatic nitrogens is 1. The molecule has 0 fully saturated rings. The lowest BCUT2D eigenvalue weighted by molar-refractivity contribution is 0.612. The van der Waals surface area contributed by atoms with Crippen LogP contribution >= 0.6 is 15.9 Å². The summed E-state index contributed by atoms with van der Waals surface area (Å²) in [6.45, 7) is 0.233. The summed E-state index contributed by atoms with van der Waals surface area (Å²) < 4.78 is 14.3. The highest BCUT2D eigenvalue weighted by atomic mass is 79.9. The van der Waals surface area contributed by atoms with Crippen LogP contribution in [0, 0.1) is 17.1 Å². The fraction of sp³-hybridized carbons (Fsp3) is 0.0769. The molecule has 0 aliphatic heterocycles. The molecule has 0 aliphatic rings. The normalized spacial score (nSPS) is 9.95. The first-order chi connectivity index (χ1) is 9.11. The molecule has 3 N–H and O–H groups in total. The summed E-state index contributed by atoms with van der Waals surface area (Å²) in [7, 11) is 0. The molecular weight excluding hydrogens is 311 g/mol. The van der Waals surface area contributed by atoms with Crippen molar-refractivity contribution in [3.63, 3.8) is 0 Å². The Labute approximate surface area is 118 Å². The predicted molar refractivity (Wildman–Crippen MR) is 74.8 cm³/mol. The minimum Gasteiger partial charge on any atom is -0.395 e. The van der Waals surface area contributed by atoms with Crippen molar-refractivity contribution in [1.29, 1.82) is 5.26 Å². The van der Waals surface area contributed by atoms with E-state index in [0.29, 0.717) is 16.9 Å². The molecule has 0 spiro atoms. The zero-order valence-electron chi connectivity index (χ0n) is 9.82. The second kappa shape index (κ2) is 5.67. The van der Waals surface area contributed by atoms with E-state index in [4.69, 9.17) is 11.0 Å². The van der Waals surface area contributed by atoms with E-state index in [1.54, 1.807) is 12.1 Å². The lowest BCUT2D eigenvalue weighted by Gasteiger charge is -2.10. The van der Waals surface area contributed by atoms with Crippen molar-refractivity contribution in [3.05, 3.63) is 51.9 Å². The van der Waals surface area contributed by atoms with Crippen LogP contribution in [0.4, 0.5) is 15.9 Å². The molecule has 1 aromatic carbocycles. The number of nitrogen functional groups attached to an aromatic ring is 1. The molecule has 0 saturated carbocycles. The lowest BCUT2D eigenvalue weighted by Crippen LogP contribution is -2.07. The number of halogens is 2. The molecule has 4 nitrogen and oxygen atoms in total. The molecule has 1 aromatic heterocycles. The van der Waals surface area contributed by atoms with Crippen molar-refractivity contribution in [1.82, 2.24) is 4.98 Å². The third-order valence-corrected chi connectivity index (χ3v) is 3.06. The molecule has 96 valence electrons. The average Bonchev–Trinajstić information content (AvgIpc) is 2.41. The first-order valence-electron chi connectivity index (χ1n) is 5.44. The van der Waals surface area contributed by atoms with Gasteiger partial charge in [0.05, 0.1) is 11.3 Å². The molecule has 19 heavy (non-hydrogen) atoms. The first kappa shape index (κ1) is 13.3. The number of benzene rings is 1. The highest BCUT2D eigenvalue weighted by molar-refractivity contribution is 9.10. The summed E-state index contributed by atoms with van der Waals surface area (Å²) in [6.07, 6.45) is 1.48. The standard InChI is InChI=1S/C13H10BrFN4/c14-10-1-2-11(15)9(5-10)7-19-13-12(17)8(6-16)3-4-18-13/h1-5H,7,17H2,(H,18,19). The predicted octanol–water partition coefficient (Wildman–Crippen LogP) is 3.05. The van der Waals surface area contributed by atoms with E-state index in [9.17, 15) is 4.39 Å². The number of nitrogens with one attached hydrogen (secondary N) is 1. The molecule has 0 bridgehead atoms. The third-order valence-electron chi connectivity index (χ3n) is 2.56. The van der Waals surface area contributed by atoms with Crippen molar-refractivity contribution in [2.45, 2.75) is 6.54 Å². The van der Waals surface area contributed by atoms with Crippen LogP contribution in [0.3, 0.4) is 0 Å². The molecule has 0 atom stereocenters. The van der Waals surface area contributed by atoms with Gasteiger partial charge in [-0.25, -0.2) is 9.37 Å².